The van der Waals surface area contributed by atoms with Gasteiger partial charge in [0.1, 0.15) is 23.0 Å². The number of unbranched alkanes of at least 4 members (excludes halogenated alkanes) is 6. The summed E-state index contributed by atoms with van der Waals surface area (Å²) in [6.45, 7) is 11.8. The quantitative estimate of drug-likeness (QED) is 0.0384. The number of hydrogen-bond acceptors (Lipinski definition) is 4. The smallest absolute Gasteiger partial charge is 0.127 e. The van der Waals surface area contributed by atoms with Gasteiger partial charge in [0.15, 0.2) is 0 Å². The van der Waals surface area contributed by atoms with E-state index in [1.165, 1.54) is 165 Å². The molecule has 0 heterocycles. The van der Waals surface area contributed by atoms with Crippen molar-refractivity contribution in [3.05, 3.63) is 229 Å². The van der Waals surface area contributed by atoms with E-state index in [1.54, 1.807) is 0 Å². The average Bonchev–Trinajstić information content (AvgIpc) is 0.754. The van der Waals surface area contributed by atoms with Crippen LogP contribution in [0, 0.1) is 11.8 Å². The van der Waals surface area contributed by atoms with Crippen molar-refractivity contribution >= 4 is 21.5 Å². The van der Waals surface area contributed by atoms with Crippen LogP contribution in [0.2, 0.25) is 0 Å². The molecule has 0 bridgehead atoms. The second-order valence-electron chi connectivity index (χ2n) is 28.2. The second-order valence-corrected chi connectivity index (χ2v) is 28.2. The molecular weight excluding hydrogens is 1170 g/mol. The van der Waals surface area contributed by atoms with Crippen LogP contribution >= 0.6 is 0 Å². The van der Waals surface area contributed by atoms with Crippen LogP contribution in [-0.4, -0.2) is 26.4 Å². The minimum atomic E-state index is 0.620. The van der Waals surface area contributed by atoms with Crippen LogP contribution in [0.15, 0.2) is 206 Å². The highest BCUT2D eigenvalue weighted by atomic mass is 16.5. The Morgan fingerprint density at radius 3 is 0.938 bits per heavy atom. The van der Waals surface area contributed by atoms with E-state index in [0.29, 0.717) is 38.3 Å². The minimum Gasteiger partial charge on any atom is -0.494 e. The Labute approximate surface area is 576 Å². The first-order valence-corrected chi connectivity index (χ1v) is 37.6. The van der Waals surface area contributed by atoms with Gasteiger partial charge in [-0.25, -0.2) is 0 Å². The van der Waals surface area contributed by atoms with Gasteiger partial charge in [-0.15, -0.1) is 0 Å². The van der Waals surface area contributed by atoms with E-state index in [1.807, 2.05) is 0 Å². The Balaban J connectivity index is 0.766. The standard InChI is InChI=1S/C92H106O4/c1-5-17-67-21-29-71(30-22-67)75-37-41-79(42-38-75)81-49-57-87-83(65-81)51-59-89(95-63-15-11-9-13-61-93-85-53-45-77(46-54-85)73-33-25-69(19-7-3)26-34-73)91(87)92-88-58-50-82(80-43-39-76(40-44-80)72-31-23-68(18-6-2)24-32-72)66-84(88)52-60-90(92)96-64-16-12-10-14-62-94-86-55-47-78(48-56-86)74-35-27-70(20-8-4)28-36-74/h25-28,33-60,65-68,71-72H,5-24,29-32,61-64H2,1-4H3. The van der Waals surface area contributed by atoms with E-state index in [2.05, 4.69) is 234 Å². The van der Waals surface area contributed by atoms with Crippen molar-refractivity contribution in [2.45, 2.75) is 194 Å². The lowest BCUT2D eigenvalue weighted by Crippen LogP contribution is -2.13. The maximum atomic E-state index is 7.07. The molecule has 0 aromatic heterocycles. The molecule has 0 aliphatic heterocycles. The van der Waals surface area contributed by atoms with Gasteiger partial charge in [-0.1, -0.05) is 224 Å². The fraction of sp³-hybridized carbons (Fsp3) is 0.391. The lowest BCUT2D eigenvalue weighted by molar-refractivity contribution is 0.286. The molecule has 0 radical (unpaired) electrons. The monoisotopic (exact) mass is 1270 g/mol. The van der Waals surface area contributed by atoms with Gasteiger partial charge in [0.2, 0.25) is 0 Å². The van der Waals surface area contributed by atoms with Crippen molar-refractivity contribution in [1.29, 1.82) is 0 Å². The number of rotatable bonds is 33. The molecule has 2 saturated carbocycles. The van der Waals surface area contributed by atoms with E-state index in [0.717, 1.165) is 123 Å². The maximum Gasteiger partial charge on any atom is 0.127 e. The van der Waals surface area contributed by atoms with Crippen LogP contribution in [0.3, 0.4) is 0 Å². The predicted molar refractivity (Wildman–Crippen MR) is 408 cm³/mol. The molecule has 0 spiro atoms. The highest BCUT2D eigenvalue weighted by Crippen LogP contribution is 2.48. The summed E-state index contributed by atoms with van der Waals surface area (Å²) in [5.41, 5.74) is 17.9. The molecule has 10 aromatic rings. The summed E-state index contributed by atoms with van der Waals surface area (Å²) in [5, 5.41) is 4.72. The molecule has 10 aromatic carbocycles. The van der Waals surface area contributed by atoms with Crippen LogP contribution in [-0.2, 0) is 12.8 Å². The van der Waals surface area contributed by atoms with Gasteiger partial charge in [0, 0.05) is 11.1 Å². The number of fused-ring (bicyclic) bond motifs is 2. The van der Waals surface area contributed by atoms with E-state index in [9.17, 15) is 0 Å². The van der Waals surface area contributed by atoms with E-state index < -0.39 is 0 Å². The van der Waals surface area contributed by atoms with Gasteiger partial charge < -0.3 is 18.9 Å². The normalized spacial score (nSPS) is 16.4. The van der Waals surface area contributed by atoms with Crippen LogP contribution < -0.4 is 18.9 Å². The molecule has 4 heteroatoms. The summed E-state index contributed by atoms with van der Waals surface area (Å²) < 4.78 is 26.7. The molecule has 0 unspecified atom stereocenters. The molecule has 498 valence electrons. The Kier molecular flexibility index (Phi) is 24.6. The van der Waals surface area contributed by atoms with Gasteiger partial charge in [-0.3, -0.25) is 0 Å². The Bertz CT molecular complexity index is 3710. The minimum absolute atomic E-state index is 0.620. The van der Waals surface area contributed by atoms with Crippen LogP contribution in [0.1, 0.15) is 203 Å². The van der Waals surface area contributed by atoms with Crippen LogP contribution in [0.4, 0.5) is 0 Å². The predicted octanol–water partition coefficient (Wildman–Crippen LogP) is 26.4. The molecular formula is C92H106O4. The lowest BCUT2D eigenvalue weighted by atomic mass is 9.77. The molecule has 2 aliphatic rings. The molecule has 4 nitrogen and oxygen atoms in total. The molecule has 12 rings (SSSR count). The Hall–Kier alpha value is -8.08. The molecule has 0 atom stereocenters. The van der Waals surface area contributed by atoms with Crippen molar-refractivity contribution in [3.63, 3.8) is 0 Å². The van der Waals surface area contributed by atoms with E-state index in [4.69, 9.17) is 18.9 Å². The van der Waals surface area contributed by atoms with Crippen molar-refractivity contribution in [1.82, 2.24) is 0 Å². The zero-order chi connectivity index (χ0) is 65.7. The molecule has 0 N–H and O–H groups in total. The van der Waals surface area contributed by atoms with Crippen molar-refractivity contribution in [3.8, 4) is 78.6 Å². The van der Waals surface area contributed by atoms with E-state index >= 15 is 0 Å². The second kappa shape index (κ2) is 34.7. The summed E-state index contributed by atoms with van der Waals surface area (Å²) in [7, 11) is 0. The highest BCUT2D eigenvalue weighted by molar-refractivity contribution is 6.11. The summed E-state index contributed by atoms with van der Waals surface area (Å²) >= 11 is 0. The lowest BCUT2D eigenvalue weighted by Gasteiger charge is -2.28. The summed E-state index contributed by atoms with van der Waals surface area (Å²) in [5.74, 6) is 6.79. The van der Waals surface area contributed by atoms with Gasteiger partial charge in [0.25, 0.3) is 0 Å². The number of hydrogen-bond donors (Lipinski definition) is 0. The first kappa shape index (κ1) is 67.9. The Morgan fingerprint density at radius 2 is 0.594 bits per heavy atom. The third-order valence-electron chi connectivity index (χ3n) is 21.2. The third kappa shape index (κ3) is 17.9. The van der Waals surface area contributed by atoms with Gasteiger partial charge in [0.05, 0.1) is 26.4 Å². The molecule has 2 aliphatic carbocycles. The zero-order valence-electron chi connectivity index (χ0n) is 58.4. The molecule has 0 saturated heterocycles. The fourth-order valence-electron chi connectivity index (χ4n) is 15.7. The van der Waals surface area contributed by atoms with E-state index in [-0.39, 0.29) is 0 Å². The summed E-state index contributed by atoms with van der Waals surface area (Å²) in [6.07, 6.45) is 28.7. The first-order valence-electron chi connectivity index (χ1n) is 37.6. The zero-order valence-corrected chi connectivity index (χ0v) is 58.4. The van der Waals surface area contributed by atoms with Crippen molar-refractivity contribution in [2.24, 2.45) is 11.8 Å². The van der Waals surface area contributed by atoms with Crippen molar-refractivity contribution in [2.75, 3.05) is 26.4 Å². The number of aryl methyl sites for hydroxylation is 2. The topological polar surface area (TPSA) is 36.9 Å². The molecule has 2 fully saturated rings. The highest BCUT2D eigenvalue weighted by Gasteiger charge is 2.25. The first-order chi connectivity index (χ1) is 47.4. The average molecular weight is 1280 g/mol. The van der Waals surface area contributed by atoms with Crippen LogP contribution in [0.5, 0.6) is 23.0 Å². The fourth-order valence-corrected chi connectivity index (χ4v) is 15.7. The van der Waals surface area contributed by atoms with Gasteiger partial charge >= 0.3 is 0 Å². The molecule has 0 amide bonds. The summed E-state index contributed by atoms with van der Waals surface area (Å²) in [6, 6.07) is 77.4. The third-order valence-corrected chi connectivity index (χ3v) is 21.2. The Morgan fingerprint density at radius 1 is 0.281 bits per heavy atom. The number of ether oxygens (including phenoxy) is 4. The van der Waals surface area contributed by atoms with Crippen molar-refractivity contribution < 1.29 is 18.9 Å². The largest absolute Gasteiger partial charge is 0.494 e. The van der Waals surface area contributed by atoms with Gasteiger partial charge in [-0.2, -0.15) is 0 Å². The van der Waals surface area contributed by atoms with Crippen LogP contribution in [0.25, 0.3) is 77.2 Å². The number of benzene rings is 10. The molecule has 96 heavy (non-hydrogen) atoms. The summed E-state index contributed by atoms with van der Waals surface area (Å²) in [4.78, 5) is 0. The van der Waals surface area contributed by atoms with Gasteiger partial charge in [-0.05, 0) is 276 Å². The SMILES string of the molecule is CCCc1ccc(-c2ccc(OCCCCCCOc3ccc4cc(-c5ccc(C6CCC(CCC)CC6)cc5)ccc4c3-c3c(OCCCCCCOc4ccc(-c5ccc(CCC)cc5)cc4)ccc4cc(-c5ccc(C6CCC(CCC)CC6)cc5)ccc34)cc2)cc1. The maximum absolute atomic E-state index is 7.07.